The van der Waals surface area contributed by atoms with Crippen molar-refractivity contribution < 1.29 is 0 Å². The number of nitrogens with two attached hydrogens (primary N) is 1. The van der Waals surface area contributed by atoms with Crippen LogP contribution in [0.2, 0.25) is 0 Å². The lowest BCUT2D eigenvalue weighted by atomic mass is 10.1. The highest BCUT2D eigenvalue weighted by Crippen LogP contribution is 2.10. The Bertz CT molecular complexity index is 294. The second kappa shape index (κ2) is 9.98. The fourth-order valence-corrected chi connectivity index (χ4v) is 2.26. The Balaban J connectivity index is 1.81. The molecular weight excluding hydrogens is 222 g/mol. The number of hydrogen-bond donors (Lipinski definition) is 1. The smallest absolute Gasteiger partial charge is 0.145 e. The third kappa shape index (κ3) is 7.36. The fourth-order valence-electron chi connectivity index (χ4n) is 2.26. The molecule has 1 heterocycles. The minimum Gasteiger partial charge on any atom is -0.382 e. The SMILES string of the molecule is CCCCCCCCCCCCn1ccc(N)n1. The molecule has 1 aromatic heterocycles. The molecule has 0 spiro atoms. The summed E-state index contributed by atoms with van der Waals surface area (Å²) in [5.74, 6) is 0.627. The molecule has 3 heteroatoms. The van der Waals surface area contributed by atoms with Crippen LogP contribution in [0.1, 0.15) is 71.1 Å². The lowest BCUT2D eigenvalue weighted by molar-refractivity contribution is 0.516. The van der Waals surface area contributed by atoms with Crippen molar-refractivity contribution in [3.05, 3.63) is 12.3 Å². The van der Waals surface area contributed by atoms with E-state index >= 15 is 0 Å². The number of rotatable bonds is 11. The molecule has 1 rings (SSSR count). The lowest BCUT2D eigenvalue weighted by Gasteiger charge is -2.03. The van der Waals surface area contributed by atoms with Crippen molar-refractivity contribution in [1.29, 1.82) is 0 Å². The molecule has 0 radical (unpaired) electrons. The highest BCUT2D eigenvalue weighted by atomic mass is 15.3. The third-order valence-electron chi connectivity index (χ3n) is 3.40. The summed E-state index contributed by atoms with van der Waals surface area (Å²) in [6.45, 7) is 3.28. The van der Waals surface area contributed by atoms with Crippen LogP contribution >= 0.6 is 0 Å². The van der Waals surface area contributed by atoms with Gasteiger partial charge in [0.15, 0.2) is 0 Å². The standard InChI is InChI=1S/C15H29N3/c1-2-3-4-5-6-7-8-9-10-11-13-18-14-12-15(16)17-18/h12,14H,2-11,13H2,1H3,(H2,16,17). The van der Waals surface area contributed by atoms with Gasteiger partial charge in [-0.2, -0.15) is 5.10 Å². The highest BCUT2D eigenvalue weighted by Gasteiger charge is 1.95. The molecule has 0 aliphatic heterocycles. The van der Waals surface area contributed by atoms with Crippen molar-refractivity contribution in [3.8, 4) is 0 Å². The zero-order valence-electron chi connectivity index (χ0n) is 11.9. The number of nitrogen functional groups attached to an aromatic ring is 1. The molecule has 0 fully saturated rings. The molecule has 0 aliphatic rings. The number of anilines is 1. The van der Waals surface area contributed by atoms with E-state index < -0.39 is 0 Å². The van der Waals surface area contributed by atoms with Gasteiger partial charge in [0.2, 0.25) is 0 Å². The minimum absolute atomic E-state index is 0.627. The van der Waals surface area contributed by atoms with Gasteiger partial charge in [-0.25, -0.2) is 0 Å². The molecule has 0 unspecified atom stereocenters. The molecule has 0 saturated carbocycles. The van der Waals surface area contributed by atoms with Crippen LogP contribution in [-0.4, -0.2) is 9.78 Å². The van der Waals surface area contributed by atoms with Crippen LogP contribution in [0, 0.1) is 0 Å². The molecule has 0 saturated heterocycles. The average Bonchev–Trinajstić information content (AvgIpc) is 2.77. The van der Waals surface area contributed by atoms with Crippen LogP contribution in [0.5, 0.6) is 0 Å². The van der Waals surface area contributed by atoms with E-state index in [1.807, 2.05) is 16.9 Å². The number of unbranched alkanes of at least 4 members (excludes halogenated alkanes) is 9. The summed E-state index contributed by atoms with van der Waals surface area (Å²) < 4.78 is 1.94. The summed E-state index contributed by atoms with van der Waals surface area (Å²) in [6, 6.07) is 1.86. The Morgan fingerprint density at radius 1 is 0.944 bits per heavy atom. The lowest BCUT2D eigenvalue weighted by Crippen LogP contribution is -1.99. The zero-order valence-corrected chi connectivity index (χ0v) is 11.9. The van der Waals surface area contributed by atoms with E-state index in [9.17, 15) is 0 Å². The van der Waals surface area contributed by atoms with Crippen LogP contribution in [0.3, 0.4) is 0 Å². The first-order valence-corrected chi connectivity index (χ1v) is 7.62. The normalized spacial score (nSPS) is 10.9. The molecule has 0 aromatic carbocycles. The van der Waals surface area contributed by atoms with Gasteiger partial charge in [-0.15, -0.1) is 0 Å². The Kier molecular flexibility index (Phi) is 8.36. The van der Waals surface area contributed by atoms with Crippen LogP contribution in [0.15, 0.2) is 12.3 Å². The van der Waals surface area contributed by atoms with E-state index in [2.05, 4.69) is 12.0 Å². The van der Waals surface area contributed by atoms with Gasteiger partial charge in [-0.1, -0.05) is 64.7 Å². The van der Waals surface area contributed by atoms with E-state index in [0.29, 0.717) is 5.82 Å². The van der Waals surface area contributed by atoms with Crippen molar-refractivity contribution in [2.45, 2.75) is 77.7 Å². The van der Waals surface area contributed by atoms with Gasteiger partial charge < -0.3 is 5.73 Å². The van der Waals surface area contributed by atoms with Crippen molar-refractivity contribution in [2.75, 3.05) is 5.73 Å². The number of aryl methyl sites for hydroxylation is 1. The molecule has 0 atom stereocenters. The van der Waals surface area contributed by atoms with Crippen LogP contribution in [-0.2, 0) is 6.54 Å². The monoisotopic (exact) mass is 251 g/mol. The summed E-state index contributed by atoms with van der Waals surface area (Å²) in [5, 5.41) is 4.18. The van der Waals surface area contributed by atoms with Gasteiger partial charge in [0, 0.05) is 12.7 Å². The van der Waals surface area contributed by atoms with Crippen molar-refractivity contribution in [3.63, 3.8) is 0 Å². The van der Waals surface area contributed by atoms with Gasteiger partial charge >= 0.3 is 0 Å². The predicted molar refractivity (Wildman–Crippen MR) is 78.5 cm³/mol. The van der Waals surface area contributed by atoms with E-state index in [4.69, 9.17) is 5.73 Å². The van der Waals surface area contributed by atoms with Crippen LogP contribution < -0.4 is 5.73 Å². The maximum absolute atomic E-state index is 5.57. The first-order chi connectivity index (χ1) is 8.83. The Morgan fingerprint density at radius 2 is 1.50 bits per heavy atom. The molecule has 0 amide bonds. The topological polar surface area (TPSA) is 43.8 Å². The predicted octanol–water partition coefficient (Wildman–Crippen LogP) is 4.39. The zero-order chi connectivity index (χ0) is 13.1. The van der Waals surface area contributed by atoms with Gasteiger partial charge in [-0.3, -0.25) is 4.68 Å². The molecule has 18 heavy (non-hydrogen) atoms. The van der Waals surface area contributed by atoms with Gasteiger partial charge in [-0.05, 0) is 12.5 Å². The van der Waals surface area contributed by atoms with Gasteiger partial charge in [0.25, 0.3) is 0 Å². The summed E-state index contributed by atoms with van der Waals surface area (Å²) in [4.78, 5) is 0. The minimum atomic E-state index is 0.627. The quantitative estimate of drug-likeness (QED) is 0.593. The first kappa shape index (κ1) is 15.1. The highest BCUT2D eigenvalue weighted by molar-refractivity contribution is 5.23. The number of hydrogen-bond acceptors (Lipinski definition) is 2. The molecule has 3 nitrogen and oxygen atoms in total. The van der Waals surface area contributed by atoms with Gasteiger partial charge in [0.05, 0.1) is 0 Å². The number of nitrogens with zero attached hydrogens (tertiary/aromatic N) is 2. The Morgan fingerprint density at radius 3 is 2.00 bits per heavy atom. The molecule has 0 bridgehead atoms. The molecular formula is C15H29N3. The third-order valence-corrected chi connectivity index (χ3v) is 3.40. The van der Waals surface area contributed by atoms with E-state index in [1.165, 1.54) is 64.2 Å². The summed E-state index contributed by atoms with van der Waals surface area (Å²) in [7, 11) is 0. The number of aromatic nitrogens is 2. The van der Waals surface area contributed by atoms with E-state index in [0.717, 1.165) is 6.54 Å². The first-order valence-electron chi connectivity index (χ1n) is 7.62. The summed E-state index contributed by atoms with van der Waals surface area (Å²) in [6.07, 6.45) is 15.7. The van der Waals surface area contributed by atoms with Crippen molar-refractivity contribution in [2.24, 2.45) is 0 Å². The largest absolute Gasteiger partial charge is 0.382 e. The maximum Gasteiger partial charge on any atom is 0.145 e. The van der Waals surface area contributed by atoms with Gasteiger partial charge in [0.1, 0.15) is 5.82 Å². The Labute approximate surface area is 112 Å². The second-order valence-corrected chi connectivity index (χ2v) is 5.19. The summed E-state index contributed by atoms with van der Waals surface area (Å²) >= 11 is 0. The molecule has 104 valence electrons. The average molecular weight is 251 g/mol. The van der Waals surface area contributed by atoms with Crippen molar-refractivity contribution >= 4 is 5.82 Å². The Hall–Kier alpha value is -0.990. The van der Waals surface area contributed by atoms with Crippen LogP contribution in [0.4, 0.5) is 5.82 Å². The van der Waals surface area contributed by atoms with E-state index in [1.54, 1.807) is 0 Å². The molecule has 0 aliphatic carbocycles. The van der Waals surface area contributed by atoms with Crippen molar-refractivity contribution in [1.82, 2.24) is 9.78 Å². The second-order valence-electron chi connectivity index (χ2n) is 5.19. The maximum atomic E-state index is 5.57. The fraction of sp³-hybridized carbons (Fsp3) is 0.800. The summed E-state index contributed by atoms with van der Waals surface area (Å²) in [5.41, 5.74) is 5.57. The molecule has 1 aromatic rings. The van der Waals surface area contributed by atoms with Crippen LogP contribution in [0.25, 0.3) is 0 Å². The van der Waals surface area contributed by atoms with E-state index in [-0.39, 0.29) is 0 Å². The molecule has 2 N–H and O–H groups in total.